The second kappa shape index (κ2) is 48.4. The van der Waals surface area contributed by atoms with Gasteiger partial charge in [-0.1, -0.05) is 127 Å². The van der Waals surface area contributed by atoms with Crippen LogP contribution in [0, 0.1) is 0 Å². The van der Waals surface area contributed by atoms with Crippen LogP contribution in [0.5, 0.6) is 0 Å². The zero-order valence-corrected chi connectivity index (χ0v) is 37.9. The Kier molecular flexibility index (Phi) is 47.5. The Bertz CT molecular complexity index is 1020. The lowest BCUT2D eigenvalue weighted by molar-refractivity contribution is -0.161. The van der Waals surface area contributed by atoms with E-state index in [0.717, 1.165) is 103 Å². The highest BCUT2D eigenvalue weighted by Gasteiger charge is 2.16. The molecule has 0 aromatic carbocycles. The normalized spacial score (nSPS) is 11.2. The lowest BCUT2D eigenvalue weighted by atomic mass is 10.1. The quantitative estimate of drug-likeness (QED) is 0.0263. The maximum Gasteiger partial charge on any atom is 0.306 e. The van der Waals surface area contributed by atoms with E-state index >= 15 is 0 Å². The predicted molar refractivity (Wildman–Crippen MR) is 244 cm³/mol. The number of aliphatic hydroxyl groups excluding tert-OH is 2. The van der Waals surface area contributed by atoms with E-state index in [1.165, 1.54) is 77.0 Å². The first-order valence-corrected chi connectivity index (χ1v) is 23.6. The van der Waals surface area contributed by atoms with Crippen LogP contribution in [0.1, 0.15) is 205 Å². The van der Waals surface area contributed by atoms with E-state index < -0.39 is 12.2 Å². The van der Waals surface area contributed by atoms with E-state index in [-0.39, 0.29) is 50.3 Å². The molecule has 0 aromatic rings. The maximum atomic E-state index is 11.9. The third kappa shape index (κ3) is 47.4. The van der Waals surface area contributed by atoms with Crippen molar-refractivity contribution in [2.75, 3.05) is 26.4 Å². The summed E-state index contributed by atoms with van der Waals surface area (Å²) in [5.41, 5.74) is 0. The van der Waals surface area contributed by atoms with E-state index in [9.17, 15) is 29.4 Å². The number of aliphatic hydroxyl groups is 2. The van der Waals surface area contributed by atoms with E-state index in [4.69, 9.17) is 18.9 Å². The van der Waals surface area contributed by atoms with Crippen molar-refractivity contribution < 1.29 is 48.3 Å². The molecular formula is C50H88O10. The van der Waals surface area contributed by atoms with Gasteiger partial charge in [-0.15, -0.1) is 26.3 Å². The molecule has 0 amide bonds. The zero-order chi connectivity index (χ0) is 44.6. The Labute approximate surface area is 366 Å². The molecule has 0 aliphatic carbocycles. The molecule has 0 bridgehead atoms. The Morgan fingerprint density at radius 1 is 0.383 bits per heavy atom. The third-order valence-corrected chi connectivity index (χ3v) is 9.96. The van der Waals surface area contributed by atoms with E-state index in [1.54, 1.807) is 0 Å². The van der Waals surface area contributed by atoms with Gasteiger partial charge in [-0.2, -0.15) is 0 Å². The largest absolute Gasteiger partial charge is 0.463 e. The third-order valence-electron chi connectivity index (χ3n) is 9.96. The number of hydrogen-bond donors (Lipinski definition) is 2. The molecule has 0 radical (unpaired) electrons. The molecule has 0 aliphatic heterocycles. The number of hydrogen-bond acceptors (Lipinski definition) is 10. The number of rotatable bonds is 44. The molecule has 10 heteroatoms. The maximum absolute atomic E-state index is 11.9. The van der Waals surface area contributed by atoms with Gasteiger partial charge in [-0.25, -0.2) is 0 Å². The van der Waals surface area contributed by atoms with Crippen LogP contribution in [0.4, 0.5) is 0 Å². The van der Waals surface area contributed by atoms with Crippen molar-refractivity contribution >= 4 is 23.9 Å². The summed E-state index contributed by atoms with van der Waals surface area (Å²) in [6.45, 7) is 14.2. The monoisotopic (exact) mass is 849 g/mol. The van der Waals surface area contributed by atoms with Gasteiger partial charge >= 0.3 is 23.9 Å². The van der Waals surface area contributed by atoms with Crippen molar-refractivity contribution in [2.45, 2.75) is 218 Å². The molecule has 0 aromatic heterocycles. The molecule has 60 heavy (non-hydrogen) atoms. The molecule has 0 rings (SSSR count). The molecule has 2 N–H and O–H groups in total. The SMILES string of the molecule is C=CCCCCCCCCC(=O)OCC(CO)OC(=O)CCCCCCCCC=C.C=CCCCCCCCCC(=O)OCC(O)COC(=O)CCCCCCCCC=C. The second-order valence-electron chi connectivity index (χ2n) is 15.8. The Morgan fingerprint density at radius 2 is 0.633 bits per heavy atom. The van der Waals surface area contributed by atoms with E-state index in [1.807, 2.05) is 24.3 Å². The van der Waals surface area contributed by atoms with Crippen LogP contribution in [0.25, 0.3) is 0 Å². The van der Waals surface area contributed by atoms with Crippen molar-refractivity contribution in [3.63, 3.8) is 0 Å². The van der Waals surface area contributed by atoms with Gasteiger partial charge in [-0.3, -0.25) is 19.2 Å². The number of carbonyl (C=O) groups is 4. The Balaban J connectivity index is 0. The topological polar surface area (TPSA) is 146 Å². The van der Waals surface area contributed by atoms with Gasteiger partial charge in [0.25, 0.3) is 0 Å². The molecule has 0 spiro atoms. The summed E-state index contributed by atoms with van der Waals surface area (Å²) >= 11 is 0. The van der Waals surface area contributed by atoms with Crippen molar-refractivity contribution in [1.82, 2.24) is 0 Å². The van der Waals surface area contributed by atoms with Crippen molar-refractivity contribution in [3.8, 4) is 0 Å². The molecule has 0 heterocycles. The highest BCUT2D eigenvalue weighted by molar-refractivity contribution is 5.70. The molecule has 0 fully saturated rings. The highest BCUT2D eigenvalue weighted by atomic mass is 16.6. The second-order valence-corrected chi connectivity index (χ2v) is 15.8. The fourth-order valence-electron chi connectivity index (χ4n) is 6.26. The Morgan fingerprint density at radius 3 is 0.917 bits per heavy atom. The van der Waals surface area contributed by atoms with Gasteiger partial charge in [0.1, 0.15) is 25.9 Å². The summed E-state index contributed by atoms with van der Waals surface area (Å²) in [6.07, 6.45) is 37.7. The minimum atomic E-state index is -0.965. The van der Waals surface area contributed by atoms with Gasteiger partial charge < -0.3 is 29.2 Å². The summed E-state index contributed by atoms with van der Waals surface area (Å²) in [4.78, 5) is 47.1. The fourth-order valence-corrected chi connectivity index (χ4v) is 6.26. The molecule has 0 saturated carbocycles. The van der Waals surface area contributed by atoms with Crippen LogP contribution in [-0.2, 0) is 38.1 Å². The molecule has 0 saturated heterocycles. The first-order chi connectivity index (χ1) is 29.2. The average Bonchev–Trinajstić information content (AvgIpc) is 3.24. The van der Waals surface area contributed by atoms with Gasteiger partial charge in [0, 0.05) is 25.7 Å². The minimum absolute atomic E-state index is 0.0775. The number of ether oxygens (including phenoxy) is 4. The summed E-state index contributed by atoms with van der Waals surface area (Å²) in [6, 6.07) is 0. The molecule has 10 nitrogen and oxygen atoms in total. The van der Waals surface area contributed by atoms with Crippen LogP contribution in [0.3, 0.4) is 0 Å². The molecule has 1 unspecified atom stereocenters. The zero-order valence-electron chi connectivity index (χ0n) is 37.9. The molecule has 1 atom stereocenters. The number of unbranched alkanes of at least 4 members (excludes halogenated alkanes) is 24. The van der Waals surface area contributed by atoms with Crippen molar-refractivity contribution in [1.29, 1.82) is 0 Å². The fraction of sp³-hybridized carbons (Fsp3) is 0.760. The van der Waals surface area contributed by atoms with Crippen LogP contribution in [0.2, 0.25) is 0 Å². The van der Waals surface area contributed by atoms with Crippen LogP contribution >= 0.6 is 0 Å². The van der Waals surface area contributed by atoms with Crippen LogP contribution < -0.4 is 0 Å². The smallest absolute Gasteiger partial charge is 0.306 e. The highest BCUT2D eigenvalue weighted by Crippen LogP contribution is 2.13. The van der Waals surface area contributed by atoms with Crippen molar-refractivity contribution in [3.05, 3.63) is 50.6 Å². The van der Waals surface area contributed by atoms with Crippen molar-refractivity contribution in [2.24, 2.45) is 0 Å². The van der Waals surface area contributed by atoms with E-state index in [2.05, 4.69) is 26.3 Å². The molecular weight excluding hydrogens is 761 g/mol. The summed E-state index contributed by atoms with van der Waals surface area (Å²) in [5, 5.41) is 19.2. The lowest BCUT2D eigenvalue weighted by Gasteiger charge is -2.15. The Hall–Kier alpha value is -3.24. The number of allylic oxidation sites excluding steroid dienone is 4. The van der Waals surface area contributed by atoms with Gasteiger partial charge in [0.15, 0.2) is 6.10 Å². The van der Waals surface area contributed by atoms with Gasteiger partial charge in [0.05, 0.1) is 6.61 Å². The predicted octanol–water partition coefficient (Wildman–Crippen LogP) is 12.1. The van der Waals surface area contributed by atoms with Gasteiger partial charge in [0.2, 0.25) is 0 Å². The number of esters is 4. The molecule has 0 aliphatic rings. The summed E-state index contributed by atoms with van der Waals surface area (Å²) < 4.78 is 20.5. The lowest BCUT2D eigenvalue weighted by Crippen LogP contribution is -2.28. The average molecular weight is 849 g/mol. The minimum Gasteiger partial charge on any atom is -0.463 e. The summed E-state index contributed by atoms with van der Waals surface area (Å²) in [5.74, 6) is -1.25. The van der Waals surface area contributed by atoms with Gasteiger partial charge in [-0.05, 0) is 77.0 Å². The van der Waals surface area contributed by atoms with Crippen LogP contribution in [0.15, 0.2) is 50.6 Å². The number of carbonyl (C=O) groups excluding carboxylic acids is 4. The standard InChI is InChI=1S/2C25H44O5/c1-3-5-7-9-11-13-15-17-19-24(27)29-21-23(26)22-30-25(28)20-18-16-14-12-10-8-6-4-2;1-3-5-7-9-11-13-15-17-19-24(27)29-22-23(21-26)30-25(28)20-18-16-14-12-10-8-6-4-2/h2*3-4,23,26H,1-2,5-22H2. The van der Waals surface area contributed by atoms with Crippen LogP contribution in [-0.4, -0.2) is 72.7 Å². The van der Waals surface area contributed by atoms with E-state index in [0.29, 0.717) is 25.7 Å². The summed E-state index contributed by atoms with van der Waals surface area (Å²) in [7, 11) is 0. The first-order valence-electron chi connectivity index (χ1n) is 23.6. The first kappa shape index (κ1) is 58.9. The molecule has 348 valence electrons.